The number of benzene rings is 1. The Kier molecular flexibility index (Phi) is 70.8. The summed E-state index contributed by atoms with van der Waals surface area (Å²) >= 11 is 0. The number of urea groups is 9. The molecule has 0 bridgehead atoms. The van der Waals surface area contributed by atoms with E-state index in [0.29, 0.717) is 31.1 Å². The predicted molar refractivity (Wildman–Crippen MR) is 427 cm³/mol. The zero-order valence-corrected chi connectivity index (χ0v) is 67.5. The Morgan fingerprint density at radius 1 is 0.382 bits per heavy atom. The Bertz CT molecular complexity index is 2230. The summed E-state index contributed by atoms with van der Waals surface area (Å²) in [6.45, 7) is 48.7. The van der Waals surface area contributed by atoms with E-state index >= 15 is 0 Å². The highest BCUT2D eigenvalue weighted by molar-refractivity contribution is 5.77. The summed E-state index contributed by atoms with van der Waals surface area (Å²) < 4.78 is 0. The fourth-order valence-corrected chi connectivity index (χ4v) is 8.72. The molecule has 3 fully saturated rings. The van der Waals surface area contributed by atoms with Crippen molar-refractivity contribution in [1.82, 2.24) is 95.3 Å². The topological polar surface area (TPSA) is 361 Å². The molecule has 102 heavy (non-hydrogen) atoms. The Labute approximate surface area is 621 Å². The Morgan fingerprint density at radius 3 is 0.980 bits per heavy atom. The molecule has 602 valence electrons. The number of carbonyl (C=O) groups excluding carboxylic acids is 9. The monoisotopic (exact) mass is 1460 g/mol. The maximum absolute atomic E-state index is 11.3. The van der Waals surface area contributed by atoms with Crippen LogP contribution in [-0.4, -0.2) is 171 Å². The molecule has 1 aromatic rings. The minimum absolute atomic E-state index is 0. The minimum atomic E-state index is -0.154. The van der Waals surface area contributed by atoms with Crippen molar-refractivity contribution in [2.75, 3.05) is 34.2 Å². The van der Waals surface area contributed by atoms with Crippen LogP contribution in [0.1, 0.15) is 276 Å². The van der Waals surface area contributed by atoms with Gasteiger partial charge >= 0.3 is 54.3 Å². The average molecular weight is 1460 g/mol. The lowest BCUT2D eigenvalue weighted by molar-refractivity contribution is 0.214. The lowest BCUT2D eigenvalue weighted by atomic mass is 9.89. The quantitative estimate of drug-likeness (QED) is 0.0704. The molecule has 27 heteroatoms. The van der Waals surface area contributed by atoms with E-state index in [4.69, 9.17) is 0 Å². The lowest BCUT2D eigenvalue weighted by Gasteiger charge is -2.23. The van der Waals surface area contributed by atoms with Crippen LogP contribution in [-0.2, 0) is 6.54 Å². The normalized spacial score (nSPS) is 13.0. The van der Waals surface area contributed by atoms with Gasteiger partial charge in [-0.05, 0) is 216 Å². The Morgan fingerprint density at radius 2 is 0.676 bits per heavy atom. The first-order chi connectivity index (χ1) is 46.4. The summed E-state index contributed by atoms with van der Waals surface area (Å²) in [5, 5.41) is 47.1. The minimum Gasteiger partial charge on any atom is -0.341 e. The van der Waals surface area contributed by atoms with Crippen molar-refractivity contribution in [3.63, 3.8) is 0 Å². The molecule has 3 aliphatic rings. The van der Waals surface area contributed by atoms with Crippen LogP contribution in [0, 0.1) is 5.92 Å². The number of amides is 18. The summed E-state index contributed by atoms with van der Waals surface area (Å²) in [5.41, 5.74) is 0.949. The number of rotatable bonds is 17. The number of carbonyl (C=O) groups is 9. The van der Waals surface area contributed by atoms with Crippen LogP contribution in [0.4, 0.5) is 43.2 Å². The van der Waals surface area contributed by atoms with E-state index in [2.05, 4.69) is 90.4 Å². The molecule has 0 heterocycles. The van der Waals surface area contributed by atoms with Gasteiger partial charge in [0, 0.05) is 119 Å². The molecule has 0 aromatic heterocycles. The fourth-order valence-electron chi connectivity index (χ4n) is 8.72. The molecule has 0 saturated heterocycles. The van der Waals surface area contributed by atoms with E-state index in [1.54, 1.807) is 21.1 Å². The number of hydrogen-bond donors (Lipinski definition) is 17. The summed E-state index contributed by atoms with van der Waals surface area (Å²) in [4.78, 5) is 100. The second kappa shape index (κ2) is 66.9. The maximum atomic E-state index is 11.3. The third kappa shape index (κ3) is 85.1. The van der Waals surface area contributed by atoms with Crippen LogP contribution >= 0.6 is 0 Å². The summed E-state index contributed by atoms with van der Waals surface area (Å²) in [6, 6.07) is 12.2. The second-order valence-electron chi connectivity index (χ2n) is 29.3. The summed E-state index contributed by atoms with van der Waals surface area (Å²) in [6.07, 6.45) is 17.5. The van der Waals surface area contributed by atoms with Crippen molar-refractivity contribution in [2.24, 2.45) is 5.92 Å². The van der Waals surface area contributed by atoms with Crippen molar-refractivity contribution in [2.45, 2.75) is 356 Å². The largest absolute Gasteiger partial charge is 0.341 e. The molecule has 1 aromatic carbocycles. The predicted octanol–water partition coefficient (Wildman–Crippen LogP) is 13.4. The molecular formula is C75H158N18O9. The van der Waals surface area contributed by atoms with Gasteiger partial charge in [-0.1, -0.05) is 96.6 Å². The molecular weight excluding hydrogens is 1300 g/mol. The van der Waals surface area contributed by atoms with Crippen molar-refractivity contribution >= 4 is 54.3 Å². The SMILES string of the molecule is C.C.CC(C)NC(=O)N(C)C.CC(C)NC(=O)NC(C)(C)C.CC(C)NC(=O)NC(C)C.CC(C)NC(=O)NC1CCCC1.CC(C)NC(=O)NC1CCCCC1.CC(C)NC(=O)NCC1CCCCC1.CC(C)NC(=O)NCc1ccccc1.CCNC(=O)NC(C)C.CNC(=O)NC(C)C. The molecule has 3 saturated carbocycles. The van der Waals surface area contributed by atoms with E-state index in [1.807, 2.05) is 197 Å². The van der Waals surface area contributed by atoms with Gasteiger partial charge in [-0.3, -0.25) is 0 Å². The van der Waals surface area contributed by atoms with E-state index < -0.39 is 0 Å². The van der Waals surface area contributed by atoms with Gasteiger partial charge in [0.15, 0.2) is 0 Å². The molecule has 0 aliphatic heterocycles. The van der Waals surface area contributed by atoms with Gasteiger partial charge in [-0.2, -0.15) is 0 Å². The molecule has 4 rings (SSSR count). The van der Waals surface area contributed by atoms with Crippen LogP contribution in [0.25, 0.3) is 0 Å². The second-order valence-corrected chi connectivity index (χ2v) is 29.3. The fraction of sp³-hybridized carbons (Fsp3) is 0.800. The molecule has 0 spiro atoms. The highest BCUT2D eigenvalue weighted by Crippen LogP contribution is 2.23. The van der Waals surface area contributed by atoms with E-state index in [0.717, 1.165) is 37.8 Å². The van der Waals surface area contributed by atoms with Gasteiger partial charge in [-0.15, -0.1) is 0 Å². The number of hydrogen-bond acceptors (Lipinski definition) is 9. The lowest BCUT2D eigenvalue weighted by Crippen LogP contribution is -2.48. The molecule has 18 amide bonds. The van der Waals surface area contributed by atoms with Crippen molar-refractivity contribution in [1.29, 1.82) is 0 Å². The van der Waals surface area contributed by atoms with Gasteiger partial charge < -0.3 is 95.3 Å². The van der Waals surface area contributed by atoms with E-state index in [1.165, 1.54) is 69.1 Å². The molecule has 0 atom stereocenters. The van der Waals surface area contributed by atoms with Crippen molar-refractivity contribution in [3.05, 3.63) is 35.9 Å². The van der Waals surface area contributed by atoms with Gasteiger partial charge in [0.05, 0.1) is 0 Å². The Balaban J connectivity index is -0.000000200. The van der Waals surface area contributed by atoms with E-state index in [9.17, 15) is 43.2 Å². The van der Waals surface area contributed by atoms with Crippen LogP contribution in [0.15, 0.2) is 30.3 Å². The first-order valence-corrected chi connectivity index (χ1v) is 36.9. The third-order valence-electron chi connectivity index (χ3n) is 12.9. The Hall–Kier alpha value is -7.35. The molecule has 27 nitrogen and oxygen atoms in total. The smallest absolute Gasteiger partial charge is 0.317 e. The number of nitrogens with zero attached hydrogens (tertiary/aromatic N) is 1. The van der Waals surface area contributed by atoms with E-state index in [-0.39, 0.29) is 135 Å². The van der Waals surface area contributed by atoms with Crippen LogP contribution in [0.5, 0.6) is 0 Å². The summed E-state index contributed by atoms with van der Waals surface area (Å²) in [7, 11) is 5.03. The first-order valence-electron chi connectivity index (χ1n) is 36.9. The molecule has 3 aliphatic carbocycles. The first kappa shape index (κ1) is 108. The highest BCUT2D eigenvalue weighted by atomic mass is 16.2. The van der Waals surface area contributed by atoms with Crippen molar-refractivity contribution in [3.8, 4) is 0 Å². The van der Waals surface area contributed by atoms with Gasteiger partial charge in [0.25, 0.3) is 0 Å². The molecule has 17 N–H and O–H groups in total. The van der Waals surface area contributed by atoms with Crippen LogP contribution < -0.4 is 90.4 Å². The maximum Gasteiger partial charge on any atom is 0.317 e. The highest BCUT2D eigenvalue weighted by Gasteiger charge is 2.19. The molecule has 0 unspecified atom stereocenters. The van der Waals surface area contributed by atoms with Gasteiger partial charge in [0.1, 0.15) is 0 Å². The van der Waals surface area contributed by atoms with Crippen LogP contribution in [0.3, 0.4) is 0 Å². The average Bonchev–Trinajstić information content (AvgIpc) is 1.80. The standard InChI is InChI=1S/C11H22N2O.C11H16N2O.C10H20N2O.C9H18N2O.C8H18N2O.C7H16N2O.2C6H14N2O.C5H12N2O.2CH4/c2*1-9(2)13-11(14)12-8-10-6-4-3-5-7-10;1-8(2)11-10(13)12-9-6-4-3-5-7-9;1-7(2)10-9(12)11-8-5-3-4-6-8;1-6(2)9-7(11)10-8(3,4)5;1-5(2)8-7(10)9-6(3)4;1-5(2)7-6(9)8(3)4;1-4-7-6(9)8-5(2)3;1-4(2)7-5(8)6-3;;/h9-10H,3-8H2,1-2H3,(H2,12,13,14);3-7,9H,8H2,1-2H3,(H2,12,13,14);8-9H,3-7H2,1-2H3,(H2,11,12,13);7-8H,3-6H2,1-2H3,(H2,10,11,12);6H,1-5H3,(H2,9,10,11);5-6H,1-4H3,(H2,8,9,10);5H,1-4H3,(H,7,9);5H,4H2,1-3H3,(H2,7,8,9);4H,1-3H3,(H2,6,7,8);2*1H4. The zero-order chi connectivity index (χ0) is 77.9. The zero-order valence-electron chi connectivity index (χ0n) is 67.5. The third-order valence-corrected chi connectivity index (χ3v) is 12.9. The van der Waals surface area contributed by atoms with Gasteiger partial charge in [-0.25, -0.2) is 43.2 Å². The number of nitrogens with one attached hydrogen (secondary N) is 17. The summed E-state index contributed by atoms with van der Waals surface area (Å²) in [5.74, 6) is 0.710. The van der Waals surface area contributed by atoms with Crippen molar-refractivity contribution < 1.29 is 43.2 Å². The molecule has 0 radical (unpaired) electrons. The van der Waals surface area contributed by atoms with Crippen LogP contribution in [0.2, 0.25) is 0 Å². The van der Waals surface area contributed by atoms with Gasteiger partial charge in [0.2, 0.25) is 0 Å².